The van der Waals surface area contributed by atoms with Gasteiger partial charge in [0.25, 0.3) is 0 Å². The van der Waals surface area contributed by atoms with Gasteiger partial charge in [0, 0.05) is 38.3 Å². The van der Waals surface area contributed by atoms with Gasteiger partial charge in [0.1, 0.15) is 0 Å². The Labute approximate surface area is 172 Å². The molecule has 2 rings (SSSR count). The molecule has 0 radical (unpaired) electrons. The van der Waals surface area contributed by atoms with Crippen molar-refractivity contribution in [2.75, 3.05) is 11.0 Å². The molecule has 24 heavy (non-hydrogen) atoms. The highest BCUT2D eigenvalue weighted by Gasteiger charge is 2.18. The van der Waals surface area contributed by atoms with Crippen LogP contribution in [0.2, 0.25) is 0 Å². The summed E-state index contributed by atoms with van der Waals surface area (Å²) < 4.78 is 1.68. The van der Waals surface area contributed by atoms with E-state index in [9.17, 15) is 0 Å². The second-order valence-electron chi connectivity index (χ2n) is 6.16. The van der Waals surface area contributed by atoms with Crippen molar-refractivity contribution >= 4 is 50.9 Å². The fourth-order valence-corrected chi connectivity index (χ4v) is 3.47. The van der Waals surface area contributed by atoms with E-state index in [4.69, 9.17) is 4.99 Å². The van der Waals surface area contributed by atoms with Gasteiger partial charge < -0.3 is 5.32 Å². The Morgan fingerprint density at radius 3 is 2.79 bits per heavy atom. The first-order valence-electron chi connectivity index (χ1n) is 8.10. The molecule has 0 fully saturated rings. The lowest BCUT2D eigenvalue weighted by molar-refractivity contribution is 0.773. The summed E-state index contributed by atoms with van der Waals surface area (Å²) in [5.41, 5.74) is 7.93. The SMILES string of the molecule is C=C(CC1=CC(=C)C(c2ccc(C)cc2CCI)=N1)NC[C@H](C)I. The van der Waals surface area contributed by atoms with Gasteiger partial charge in [-0.15, -0.1) is 0 Å². The molecule has 1 atom stereocenters. The minimum Gasteiger partial charge on any atom is -0.387 e. The topological polar surface area (TPSA) is 24.4 Å². The van der Waals surface area contributed by atoms with Crippen molar-refractivity contribution in [1.82, 2.24) is 5.32 Å². The van der Waals surface area contributed by atoms with Crippen molar-refractivity contribution in [2.24, 2.45) is 4.99 Å². The van der Waals surface area contributed by atoms with Gasteiger partial charge in [0.05, 0.1) is 5.71 Å². The normalized spacial score (nSPS) is 15.1. The number of aliphatic imine (C=N–C) groups is 1. The van der Waals surface area contributed by atoms with Crippen LogP contribution in [-0.2, 0) is 6.42 Å². The maximum atomic E-state index is 4.85. The van der Waals surface area contributed by atoms with Gasteiger partial charge >= 0.3 is 0 Å². The van der Waals surface area contributed by atoms with E-state index in [1.807, 2.05) is 0 Å². The van der Waals surface area contributed by atoms with Gasteiger partial charge in [0.2, 0.25) is 0 Å². The van der Waals surface area contributed by atoms with Crippen LogP contribution in [0.3, 0.4) is 0 Å². The number of hydrogen-bond acceptors (Lipinski definition) is 2. The third kappa shape index (κ3) is 5.44. The highest BCUT2D eigenvalue weighted by Crippen LogP contribution is 2.26. The number of hydrogen-bond donors (Lipinski definition) is 1. The molecule has 0 bridgehead atoms. The Morgan fingerprint density at radius 2 is 2.12 bits per heavy atom. The molecule has 0 saturated heterocycles. The average Bonchev–Trinajstić information content (AvgIpc) is 2.86. The van der Waals surface area contributed by atoms with Crippen LogP contribution in [-0.4, -0.2) is 20.6 Å². The van der Waals surface area contributed by atoms with Crippen molar-refractivity contribution in [3.63, 3.8) is 0 Å². The number of benzene rings is 1. The minimum absolute atomic E-state index is 0.578. The lowest BCUT2D eigenvalue weighted by atomic mass is 9.96. The molecular weight excluding hydrogens is 522 g/mol. The van der Waals surface area contributed by atoms with E-state index in [1.165, 1.54) is 16.7 Å². The second kappa shape index (κ2) is 9.17. The monoisotopic (exact) mass is 546 g/mol. The van der Waals surface area contributed by atoms with Gasteiger partial charge in [-0.05, 0) is 30.6 Å². The smallest absolute Gasteiger partial charge is 0.0775 e. The second-order valence-corrected chi connectivity index (χ2v) is 9.37. The Kier molecular flexibility index (Phi) is 7.53. The molecule has 128 valence electrons. The van der Waals surface area contributed by atoms with Crippen molar-refractivity contribution < 1.29 is 0 Å². The average molecular weight is 546 g/mol. The molecule has 1 N–H and O–H groups in total. The van der Waals surface area contributed by atoms with Crippen molar-refractivity contribution in [3.8, 4) is 0 Å². The standard InChI is InChI=1S/C20H24I2N2/c1-13-5-6-19(17(9-13)7-8-21)20-14(2)10-18(24-20)11-16(4)23-12-15(3)22/h5-6,9-10,15,23H,2,4,7-8,11-12H2,1,3H3/t15-/m0/s1. The van der Waals surface area contributed by atoms with E-state index in [1.54, 1.807) is 0 Å². The third-order valence-electron chi connectivity index (χ3n) is 3.81. The van der Waals surface area contributed by atoms with Crippen molar-refractivity contribution in [1.29, 1.82) is 0 Å². The van der Waals surface area contributed by atoms with Crippen LogP contribution in [0.5, 0.6) is 0 Å². The molecule has 0 aromatic heterocycles. The molecule has 0 saturated carbocycles. The predicted octanol–water partition coefficient (Wildman–Crippen LogP) is 5.53. The number of alkyl halides is 2. The van der Waals surface area contributed by atoms with Crippen LogP contribution in [0, 0.1) is 6.92 Å². The summed E-state index contributed by atoms with van der Waals surface area (Å²) in [6.45, 7) is 13.6. The fraction of sp³-hybridized carbons (Fsp3) is 0.350. The van der Waals surface area contributed by atoms with E-state index in [0.717, 1.165) is 46.5 Å². The van der Waals surface area contributed by atoms with Crippen LogP contribution >= 0.6 is 45.2 Å². The van der Waals surface area contributed by atoms with Crippen molar-refractivity contribution in [2.45, 2.75) is 30.6 Å². The van der Waals surface area contributed by atoms with Gasteiger partial charge in [-0.3, -0.25) is 4.99 Å². The molecule has 1 aliphatic rings. The molecule has 4 heteroatoms. The number of allylic oxidation sites excluding steroid dienone is 2. The summed E-state index contributed by atoms with van der Waals surface area (Å²) in [6.07, 6.45) is 3.89. The van der Waals surface area contributed by atoms with E-state index < -0.39 is 0 Å². The molecule has 0 amide bonds. The first-order chi connectivity index (χ1) is 11.4. The van der Waals surface area contributed by atoms with E-state index in [0.29, 0.717) is 3.92 Å². The molecule has 1 aromatic rings. The molecule has 1 aliphatic heterocycles. The Hall–Kier alpha value is -0.630. The first kappa shape index (κ1) is 19.7. The van der Waals surface area contributed by atoms with Crippen LogP contribution in [0.1, 0.15) is 30.0 Å². The number of nitrogens with zero attached hydrogens (tertiary/aromatic N) is 1. The van der Waals surface area contributed by atoms with E-state index in [2.05, 4.69) is 102 Å². The predicted molar refractivity (Wildman–Crippen MR) is 123 cm³/mol. The molecule has 0 aliphatic carbocycles. The van der Waals surface area contributed by atoms with E-state index >= 15 is 0 Å². The lowest BCUT2D eigenvalue weighted by Gasteiger charge is -2.11. The quantitative estimate of drug-likeness (QED) is 0.337. The molecule has 0 unspecified atom stereocenters. The summed E-state index contributed by atoms with van der Waals surface area (Å²) >= 11 is 4.83. The molecule has 1 aromatic carbocycles. The van der Waals surface area contributed by atoms with Gasteiger partial charge in [-0.1, -0.05) is 89.0 Å². The highest BCUT2D eigenvalue weighted by atomic mass is 127. The van der Waals surface area contributed by atoms with Crippen LogP contribution in [0.15, 0.2) is 59.4 Å². The summed E-state index contributed by atoms with van der Waals surface area (Å²) in [6, 6.07) is 6.61. The summed E-state index contributed by atoms with van der Waals surface area (Å²) in [4.78, 5) is 4.85. The molecule has 2 nitrogen and oxygen atoms in total. The maximum Gasteiger partial charge on any atom is 0.0775 e. The number of nitrogens with one attached hydrogen (secondary N) is 1. The summed E-state index contributed by atoms with van der Waals surface area (Å²) in [5.74, 6) is 0. The lowest BCUT2D eigenvalue weighted by Crippen LogP contribution is -2.19. The number of halogens is 2. The highest BCUT2D eigenvalue weighted by molar-refractivity contribution is 14.1. The number of rotatable bonds is 8. The fourth-order valence-electron chi connectivity index (χ4n) is 2.67. The summed E-state index contributed by atoms with van der Waals surface area (Å²) in [7, 11) is 0. The minimum atomic E-state index is 0.578. The van der Waals surface area contributed by atoms with Crippen molar-refractivity contribution in [3.05, 3.63) is 71.1 Å². The molecular formula is C20H24I2N2. The maximum absolute atomic E-state index is 4.85. The zero-order valence-electron chi connectivity index (χ0n) is 14.3. The van der Waals surface area contributed by atoms with E-state index in [-0.39, 0.29) is 0 Å². The van der Waals surface area contributed by atoms with Gasteiger partial charge in [-0.25, -0.2) is 0 Å². The van der Waals surface area contributed by atoms with Crippen LogP contribution in [0.4, 0.5) is 0 Å². The van der Waals surface area contributed by atoms with Gasteiger partial charge in [-0.2, -0.15) is 0 Å². The largest absolute Gasteiger partial charge is 0.387 e. The van der Waals surface area contributed by atoms with Crippen LogP contribution in [0.25, 0.3) is 0 Å². The Balaban J connectivity index is 2.16. The Bertz CT molecular complexity index is 700. The van der Waals surface area contributed by atoms with Crippen LogP contribution < -0.4 is 5.32 Å². The van der Waals surface area contributed by atoms with Gasteiger partial charge in [0.15, 0.2) is 0 Å². The first-order valence-corrected chi connectivity index (χ1v) is 10.9. The molecule has 1 heterocycles. The zero-order chi connectivity index (χ0) is 17.7. The zero-order valence-corrected chi connectivity index (χ0v) is 18.6. The summed E-state index contributed by atoms with van der Waals surface area (Å²) in [5, 5.41) is 3.37. The Morgan fingerprint density at radius 1 is 1.38 bits per heavy atom. The third-order valence-corrected chi connectivity index (χ3v) is 4.79. The molecule has 0 spiro atoms. The number of aryl methyl sites for hydroxylation is 2.